The molecule has 1 N–H and O–H groups in total. The maximum absolute atomic E-state index is 12.6. The predicted molar refractivity (Wildman–Crippen MR) is 80.5 cm³/mol. The average Bonchev–Trinajstić information content (AvgIpc) is 3.30. The van der Waals surface area contributed by atoms with Crippen LogP contribution < -0.4 is 5.32 Å². The summed E-state index contributed by atoms with van der Waals surface area (Å²) in [6, 6.07) is 7.76. The molecule has 1 atom stereocenters. The Hall–Kier alpha value is -0.950. The quantitative estimate of drug-likeness (QED) is 0.892. The first kappa shape index (κ1) is 15.0. The Balaban J connectivity index is 1.71. The van der Waals surface area contributed by atoms with Gasteiger partial charge in [-0.3, -0.25) is 0 Å². The average molecular weight is 310 g/mol. The second kappa shape index (κ2) is 6.04. The van der Waals surface area contributed by atoms with Crippen molar-refractivity contribution in [1.29, 1.82) is 0 Å². The molecule has 21 heavy (non-hydrogen) atoms. The first-order valence-corrected chi connectivity index (χ1v) is 8.93. The standard InChI is InChI=1S/C15H22N2O3S/c1-12-11-20-9-8-17(12)21(18,19)15-6-2-13(3-7-15)10-16-14-4-5-14/h2-3,6-7,12,14,16H,4-5,8-11H2,1H3. The van der Waals surface area contributed by atoms with Crippen molar-refractivity contribution in [2.45, 2.75) is 43.3 Å². The van der Waals surface area contributed by atoms with Gasteiger partial charge < -0.3 is 10.1 Å². The van der Waals surface area contributed by atoms with E-state index < -0.39 is 10.0 Å². The lowest BCUT2D eigenvalue weighted by Crippen LogP contribution is -2.46. The number of ether oxygens (including phenoxy) is 1. The van der Waals surface area contributed by atoms with Crippen LogP contribution in [0.3, 0.4) is 0 Å². The zero-order chi connectivity index (χ0) is 14.9. The summed E-state index contributed by atoms with van der Waals surface area (Å²) < 4.78 is 32.1. The van der Waals surface area contributed by atoms with Crippen LogP contribution in [0.15, 0.2) is 29.2 Å². The van der Waals surface area contributed by atoms with Gasteiger partial charge in [-0.1, -0.05) is 12.1 Å². The van der Waals surface area contributed by atoms with Crippen molar-refractivity contribution in [2.75, 3.05) is 19.8 Å². The number of benzene rings is 1. The normalized spacial score (nSPS) is 24.1. The van der Waals surface area contributed by atoms with Crippen molar-refractivity contribution < 1.29 is 13.2 Å². The molecule has 1 saturated heterocycles. The van der Waals surface area contributed by atoms with E-state index in [2.05, 4.69) is 5.32 Å². The first-order valence-electron chi connectivity index (χ1n) is 7.49. The summed E-state index contributed by atoms with van der Waals surface area (Å²) in [6.07, 6.45) is 2.50. The van der Waals surface area contributed by atoms with Gasteiger partial charge in [0.2, 0.25) is 10.0 Å². The summed E-state index contributed by atoms with van der Waals surface area (Å²) in [5.41, 5.74) is 1.12. The number of rotatable bonds is 5. The minimum absolute atomic E-state index is 0.111. The molecule has 0 radical (unpaired) electrons. The lowest BCUT2D eigenvalue weighted by Gasteiger charge is -2.32. The molecule has 5 nitrogen and oxygen atoms in total. The van der Waals surface area contributed by atoms with E-state index >= 15 is 0 Å². The number of sulfonamides is 1. The van der Waals surface area contributed by atoms with Gasteiger partial charge in [0.25, 0.3) is 0 Å². The number of nitrogens with one attached hydrogen (secondary N) is 1. The molecule has 0 spiro atoms. The van der Waals surface area contributed by atoms with Gasteiger partial charge in [0.1, 0.15) is 0 Å². The highest BCUT2D eigenvalue weighted by Crippen LogP contribution is 2.22. The molecular formula is C15H22N2O3S. The summed E-state index contributed by atoms with van der Waals surface area (Å²) in [7, 11) is -3.41. The summed E-state index contributed by atoms with van der Waals surface area (Å²) >= 11 is 0. The van der Waals surface area contributed by atoms with Crippen LogP contribution in [0.2, 0.25) is 0 Å². The molecule has 1 saturated carbocycles. The number of hydrogen-bond donors (Lipinski definition) is 1. The lowest BCUT2D eigenvalue weighted by molar-refractivity contribution is 0.0393. The molecule has 0 bridgehead atoms. The van der Waals surface area contributed by atoms with Gasteiger partial charge >= 0.3 is 0 Å². The molecular weight excluding hydrogens is 288 g/mol. The van der Waals surface area contributed by atoms with E-state index in [4.69, 9.17) is 4.74 Å². The summed E-state index contributed by atoms with van der Waals surface area (Å²) in [4.78, 5) is 0.367. The fraction of sp³-hybridized carbons (Fsp3) is 0.600. The highest BCUT2D eigenvalue weighted by molar-refractivity contribution is 7.89. The molecule has 2 fully saturated rings. The van der Waals surface area contributed by atoms with E-state index in [0.29, 0.717) is 30.7 Å². The molecule has 0 aromatic heterocycles. The van der Waals surface area contributed by atoms with Crippen LogP contribution in [0.5, 0.6) is 0 Å². The van der Waals surface area contributed by atoms with Crippen molar-refractivity contribution in [3.63, 3.8) is 0 Å². The molecule has 1 aromatic carbocycles. The van der Waals surface area contributed by atoms with E-state index in [1.165, 1.54) is 17.1 Å². The molecule has 3 rings (SSSR count). The fourth-order valence-corrected chi connectivity index (χ4v) is 4.13. The molecule has 0 amide bonds. The van der Waals surface area contributed by atoms with Crippen molar-refractivity contribution in [2.24, 2.45) is 0 Å². The van der Waals surface area contributed by atoms with Crippen LogP contribution in [0.1, 0.15) is 25.3 Å². The molecule has 116 valence electrons. The SMILES string of the molecule is CC1COCCN1S(=O)(=O)c1ccc(CNC2CC2)cc1. The van der Waals surface area contributed by atoms with Crippen LogP contribution in [-0.2, 0) is 21.3 Å². The maximum Gasteiger partial charge on any atom is 0.243 e. The van der Waals surface area contributed by atoms with Crippen LogP contribution in [0, 0.1) is 0 Å². The number of nitrogens with zero attached hydrogens (tertiary/aromatic N) is 1. The second-order valence-electron chi connectivity index (χ2n) is 5.84. The molecule has 1 unspecified atom stereocenters. The monoisotopic (exact) mass is 310 g/mol. The van der Waals surface area contributed by atoms with Gasteiger partial charge in [0.05, 0.1) is 18.1 Å². The van der Waals surface area contributed by atoms with Gasteiger partial charge in [-0.25, -0.2) is 8.42 Å². The van der Waals surface area contributed by atoms with E-state index in [1.54, 1.807) is 12.1 Å². The highest BCUT2D eigenvalue weighted by atomic mass is 32.2. The molecule has 1 aliphatic carbocycles. The van der Waals surface area contributed by atoms with E-state index in [0.717, 1.165) is 12.1 Å². The van der Waals surface area contributed by atoms with Gasteiger partial charge in [0, 0.05) is 25.2 Å². The Bertz CT molecular complexity index is 581. The molecule has 1 aromatic rings. The van der Waals surface area contributed by atoms with E-state index in [9.17, 15) is 8.42 Å². The summed E-state index contributed by atoms with van der Waals surface area (Å²) in [5, 5.41) is 3.43. The van der Waals surface area contributed by atoms with Crippen molar-refractivity contribution in [3.8, 4) is 0 Å². The first-order chi connectivity index (χ1) is 10.1. The largest absolute Gasteiger partial charge is 0.378 e. The van der Waals surface area contributed by atoms with Gasteiger partial charge in [0.15, 0.2) is 0 Å². The molecule has 1 heterocycles. The van der Waals surface area contributed by atoms with Gasteiger partial charge in [-0.05, 0) is 37.5 Å². The third kappa shape index (κ3) is 3.45. The topological polar surface area (TPSA) is 58.6 Å². The zero-order valence-corrected chi connectivity index (χ0v) is 13.1. The van der Waals surface area contributed by atoms with Crippen molar-refractivity contribution in [1.82, 2.24) is 9.62 Å². The minimum Gasteiger partial charge on any atom is -0.378 e. The Labute approximate surface area is 126 Å². The van der Waals surface area contributed by atoms with Gasteiger partial charge in [-0.15, -0.1) is 0 Å². The minimum atomic E-state index is -3.41. The smallest absolute Gasteiger partial charge is 0.243 e. The van der Waals surface area contributed by atoms with E-state index in [-0.39, 0.29) is 6.04 Å². The maximum atomic E-state index is 12.6. The van der Waals surface area contributed by atoms with Crippen molar-refractivity contribution in [3.05, 3.63) is 29.8 Å². The Morgan fingerprint density at radius 3 is 2.62 bits per heavy atom. The van der Waals surface area contributed by atoms with Crippen LogP contribution in [0.4, 0.5) is 0 Å². The highest BCUT2D eigenvalue weighted by Gasteiger charge is 2.31. The van der Waals surface area contributed by atoms with Crippen LogP contribution >= 0.6 is 0 Å². The van der Waals surface area contributed by atoms with Crippen molar-refractivity contribution >= 4 is 10.0 Å². The molecule has 2 aliphatic rings. The second-order valence-corrected chi connectivity index (χ2v) is 7.73. The Morgan fingerprint density at radius 1 is 1.29 bits per heavy atom. The van der Waals surface area contributed by atoms with Crippen LogP contribution in [0.25, 0.3) is 0 Å². The third-order valence-corrected chi connectivity index (χ3v) is 6.04. The van der Waals surface area contributed by atoms with Crippen LogP contribution in [-0.4, -0.2) is 44.6 Å². The lowest BCUT2D eigenvalue weighted by atomic mass is 10.2. The zero-order valence-electron chi connectivity index (χ0n) is 12.3. The Morgan fingerprint density at radius 2 is 2.00 bits per heavy atom. The number of hydrogen-bond acceptors (Lipinski definition) is 4. The third-order valence-electron chi connectivity index (χ3n) is 4.01. The molecule has 6 heteroatoms. The fourth-order valence-electron chi connectivity index (χ4n) is 2.53. The predicted octanol–water partition coefficient (Wildman–Crippen LogP) is 1.35. The molecule has 1 aliphatic heterocycles. The Kier molecular flexibility index (Phi) is 4.31. The summed E-state index contributed by atoms with van der Waals surface area (Å²) in [6.45, 7) is 4.04. The number of morpholine rings is 1. The summed E-state index contributed by atoms with van der Waals surface area (Å²) in [5.74, 6) is 0. The van der Waals surface area contributed by atoms with Gasteiger partial charge in [-0.2, -0.15) is 4.31 Å². The van der Waals surface area contributed by atoms with E-state index in [1.807, 2.05) is 19.1 Å².